The van der Waals surface area contributed by atoms with Crippen LogP contribution in [0.5, 0.6) is 0 Å². The first-order valence-corrected chi connectivity index (χ1v) is 2.90. The van der Waals surface area contributed by atoms with E-state index >= 15 is 0 Å². The fourth-order valence-corrected chi connectivity index (χ4v) is 0.644. The van der Waals surface area contributed by atoms with Crippen LogP contribution >= 0.6 is 0 Å². The van der Waals surface area contributed by atoms with Crippen LogP contribution in [0, 0.1) is 0 Å². The summed E-state index contributed by atoms with van der Waals surface area (Å²) in [6.07, 6.45) is 3.95. The molecule has 0 unspecified atom stereocenters. The molecule has 1 rings (SSSR count). The predicted octanol–water partition coefficient (Wildman–Crippen LogP) is 0.668. The summed E-state index contributed by atoms with van der Waals surface area (Å²) < 4.78 is 0. The Morgan fingerprint density at radius 3 is 2.56 bits per heavy atom. The number of hydrazine groups is 1. The smallest absolute Gasteiger partial charge is 0.0609 e. The van der Waals surface area contributed by atoms with Crippen LogP contribution in [0.1, 0.15) is 6.92 Å². The van der Waals surface area contributed by atoms with Gasteiger partial charge in [0.05, 0.1) is 5.71 Å². The van der Waals surface area contributed by atoms with E-state index in [4.69, 9.17) is 0 Å². The standard InChI is InChI=1S/C6H11N3/c1-6-4-5-8(2)9(3)7-6/h4-5H,1-3H3. The van der Waals surface area contributed by atoms with Crippen molar-refractivity contribution in [3.63, 3.8) is 0 Å². The lowest BCUT2D eigenvalue weighted by atomic mass is 10.4. The second kappa shape index (κ2) is 2.09. The van der Waals surface area contributed by atoms with Crippen molar-refractivity contribution in [2.24, 2.45) is 5.10 Å². The van der Waals surface area contributed by atoms with Crippen LogP contribution in [-0.4, -0.2) is 29.9 Å². The fourth-order valence-electron chi connectivity index (χ4n) is 0.644. The summed E-state index contributed by atoms with van der Waals surface area (Å²) in [6.45, 7) is 1.97. The molecule has 0 aliphatic carbocycles. The zero-order valence-corrected chi connectivity index (χ0v) is 6.00. The molecule has 0 radical (unpaired) electrons. The highest BCUT2D eigenvalue weighted by Crippen LogP contribution is 1.99. The first-order valence-electron chi connectivity index (χ1n) is 2.90. The van der Waals surface area contributed by atoms with Crippen LogP contribution in [0.4, 0.5) is 0 Å². The minimum absolute atomic E-state index is 1.04. The molecule has 0 saturated heterocycles. The molecular weight excluding hydrogens is 114 g/mol. The normalized spacial score (nSPS) is 18.3. The maximum Gasteiger partial charge on any atom is 0.0609 e. The number of hydrogen-bond acceptors (Lipinski definition) is 3. The van der Waals surface area contributed by atoms with Gasteiger partial charge in [-0.15, -0.1) is 0 Å². The van der Waals surface area contributed by atoms with E-state index in [2.05, 4.69) is 5.10 Å². The molecule has 0 atom stereocenters. The van der Waals surface area contributed by atoms with Crippen molar-refractivity contribution in [3.05, 3.63) is 12.3 Å². The molecule has 1 aliphatic rings. The zero-order chi connectivity index (χ0) is 6.85. The predicted molar refractivity (Wildman–Crippen MR) is 37.8 cm³/mol. The van der Waals surface area contributed by atoms with E-state index in [9.17, 15) is 0 Å². The number of allylic oxidation sites excluding steroid dienone is 1. The number of rotatable bonds is 0. The van der Waals surface area contributed by atoms with Gasteiger partial charge >= 0.3 is 0 Å². The highest BCUT2D eigenvalue weighted by molar-refractivity contribution is 5.92. The molecule has 0 fully saturated rings. The molecule has 0 bridgehead atoms. The Morgan fingerprint density at radius 1 is 1.44 bits per heavy atom. The SMILES string of the molecule is CC1=NN(C)N(C)C=C1. The third-order valence-electron chi connectivity index (χ3n) is 1.29. The van der Waals surface area contributed by atoms with Gasteiger partial charge in [0.15, 0.2) is 0 Å². The van der Waals surface area contributed by atoms with E-state index in [0.717, 1.165) is 5.71 Å². The Hall–Kier alpha value is -0.990. The summed E-state index contributed by atoms with van der Waals surface area (Å²) in [6, 6.07) is 0. The topological polar surface area (TPSA) is 18.8 Å². The molecule has 1 heterocycles. The molecular formula is C6H11N3. The lowest BCUT2D eigenvalue weighted by Crippen LogP contribution is -2.30. The largest absolute Gasteiger partial charge is 0.280 e. The van der Waals surface area contributed by atoms with Crippen LogP contribution in [0.2, 0.25) is 0 Å². The van der Waals surface area contributed by atoms with E-state index < -0.39 is 0 Å². The van der Waals surface area contributed by atoms with Crippen LogP contribution in [0.3, 0.4) is 0 Å². The van der Waals surface area contributed by atoms with E-state index in [0.29, 0.717) is 0 Å². The van der Waals surface area contributed by atoms with E-state index in [1.54, 1.807) is 5.12 Å². The highest BCUT2D eigenvalue weighted by Gasteiger charge is 2.01. The van der Waals surface area contributed by atoms with E-state index in [-0.39, 0.29) is 0 Å². The van der Waals surface area contributed by atoms with Crippen molar-refractivity contribution < 1.29 is 0 Å². The molecule has 3 heteroatoms. The van der Waals surface area contributed by atoms with Gasteiger partial charge in [-0.3, -0.25) is 5.01 Å². The monoisotopic (exact) mass is 125 g/mol. The minimum Gasteiger partial charge on any atom is -0.280 e. The molecule has 0 saturated carbocycles. The molecule has 0 N–H and O–H groups in total. The fraction of sp³-hybridized carbons (Fsp3) is 0.500. The second-order valence-electron chi connectivity index (χ2n) is 2.12. The van der Waals surface area contributed by atoms with Gasteiger partial charge < -0.3 is 0 Å². The van der Waals surface area contributed by atoms with Crippen LogP contribution in [0.25, 0.3) is 0 Å². The van der Waals surface area contributed by atoms with Gasteiger partial charge in [0.1, 0.15) is 0 Å². The minimum atomic E-state index is 1.04. The first-order chi connectivity index (χ1) is 4.20. The van der Waals surface area contributed by atoms with E-state index in [1.807, 2.05) is 38.3 Å². The highest BCUT2D eigenvalue weighted by atomic mass is 15.8. The maximum absolute atomic E-state index is 4.15. The van der Waals surface area contributed by atoms with Crippen molar-refractivity contribution in [1.29, 1.82) is 0 Å². The Balaban J connectivity index is 2.70. The average Bonchev–Trinajstić information content (AvgIpc) is 1.80. The molecule has 0 spiro atoms. The van der Waals surface area contributed by atoms with Crippen molar-refractivity contribution >= 4 is 5.71 Å². The molecule has 50 valence electrons. The summed E-state index contributed by atoms with van der Waals surface area (Å²) >= 11 is 0. The summed E-state index contributed by atoms with van der Waals surface area (Å²) in [5, 5.41) is 7.85. The Kier molecular flexibility index (Phi) is 1.42. The van der Waals surface area contributed by atoms with Gasteiger partial charge in [-0.2, -0.15) is 5.10 Å². The second-order valence-corrected chi connectivity index (χ2v) is 2.12. The molecule has 0 aromatic rings. The van der Waals surface area contributed by atoms with Crippen LogP contribution in [0.15, 0.2) is 17.4 Å². The van der Waals surface area contributed by atoms with Gasteiger partial charge in [0.25, 0.3) is 0 Å². The Morgan fingerprint density at radius 2 is 2.11 bits per heavy atom. The van der Waals surface area contributed by atoms with Crippen molar-refractivity contribution in [2.45, 2.75) is 6.92 Å². The summed E-state index contributed by atoms with van der Waals surface area (Å²) in [5.41, 5.74) is 1.04. The van der Waals surface area contributed by atoms with Gasteiger partial charge in [-0.1, -0.05) is 0 Å². The molecule has 1 aliphatic heterocycles. The van der Waals surface area contributed by atoms with Crippen molar-refractivity contribution in [1.82, 2.24) is 10.1 Å². The third-order valence-corrected chi connectivity index (χ3v) is 1.29. The summed E-state index contributed by atoms with van der Waals surface area (Å²) in [7, 11) is 3.86. The van der Waals surface area contributed by atoms with Crippen LogP contribution < -0.4 is 0 Å². The lowest BCUT2D eigenvalue weighted by molar-refractivity contribution is 0.0816. The molecule has 0 amide bonds. The van der Waals surface area contributed by atoms with Crippen LogP contribution in [-0.2, 0) is 0 Å². The number of hydrogen-bond donors (Lipinski definition) is 0. The zero-order valence-electron chi connectivity index (χ0n) is 6.00. The van der Waals surface area contributed by atoms with Crippen molar-refractivity contribution in [2.75, 3.05) is 14.1 Å². The average molecular weight is 125 g/mol. The Labute approximate surface area is 55.2 Å². The van der Waals surface area contributed by atoms with E-state index in [1.165, 1.54) is 0 Å². The number of hydrazone groups is 1. The summed E-state index contributed by atoms with van der Waals surface area (Å²) in [5.74, 6) is 0. The molecule has 0 aromatic heterocycles. The molecule has 3 nitrogen and oxygen atoms in total. The molecule has 0 aromatic carbocycles. The van der Waals surface area contributed by atoms with Gasteiger partial charge in [-0.25, -0.2) is 5.12 Å². The molecule has 9 heavy (non-hydrogen) atoms. The lowest BCUT2D eigenvalue weighted by Gasteiger charge is -2.26. The first kappa shape index (κ1) is 6.13. The van der Waals surface area contributed by atoms with Crippen molar-refractivity contribution in [3.8, 4) is 0 Å². The third kappa shape index (κ3) is 1.22. The Bertz CT molecular complexity index is 160. The van der Waals surface area contributed by atoms with Gasteiger partial charge in [0, 0.05) is 20.3 Å². The van der Waals surface area contributed by atoms with Gasteiger partial charge in [-0.05, 0) is 13.0 Å². The quantitative estimate of drug-likeness (QED) is 0.474. The maximum atomic E-state index is 4.15. The van der Waals surface area contributed by atoms with Gasteiger partial charge in [0.2, 0.25) is 0 Å². The summed E-state index contributed by atoms with van der Waals surface area (Å²) in [4.78, 5) is 0. The number of nitrogens with zero attached hydrogens (tertiary/aromatic N) is 3.